The molecule has 1 aromatic carbocycles. The van der Waals surface area contributed by atoms with Gasteiger partial charge in [0.1, 0.15) is 6.04 Å². The molecule has 0 aliphatic rings. The van der Waals surface area contributed by atoms with Gasteiger partial charge in [0, 0.05) is 50.3 Å². The third kappa shape index (κ3) is 15.7. The molecule has 13 nitrogen and oxygen atoms in total. The minimum Gasteiger partial charge on any atom is -0.481 e. The number of halogens is 1. The molecule has 1 rings (SSSR count). The van der Waals surface area contributed by atoms with Crippen LogP contribution in [0, 0.1) is 0 Å². The van der Waals surface area contributed by atoms with E-state index < -0.39 is 36.7 Å². The maximum atomic E-state index is 12.9. The second-order valence-corrected chi connectivity index (χ2v) is 9.96. The van der Waals surface area contributed by atoms with E-state index in [1.54, 1.807) is 4.90 Å². The van der Waals surface area contributed by atoms with E-state index in [2.05, 4.69) is 31.9 Å². The highest BCUT2D eigenvalue weighted by molar-refractivity contribution is 9.10. The van der Waals surface area contributed by atoms with Crippen molar-refractivity contribution in [3.05, 3.63) is 34.3 Å². The van der Waals surface area contributed by atoms with Crippen LogP contribution in [0.4, 0.5) is 4.79 Å². The minimum absolute atomic E-state index is 0.0370. The number of urea groups is 1. The molecule has 1 aromatic rings. The van der Waals surface area contributed by atoms with Crippen LogP contribution in [0.1, 0.15) is 63.9 Å². The molecule has 0 heterocycles. The lowest BCUT2D eigenvalue weighted by Crippen LogP contribution is -2.49. The van der Waals surface area contributed by atoms with Crippen molar-refractivity contribution in [2.24, 2.45) is 0 Å². The van der Waals surface area contributed by atoms with Crippen molar-refractivity contribution < 1.29 is 43.7 Å². The Morgan fingerprint density at radius 3 is 2.27 bits per heavy atom. The molecule has 4 amide bonds. The van der Waals surface area contributed by atoms with E-state index in [9.17, 15) is 33.9 Å². The second kappa shape index (κ2) is 19.4. The van der Waals surface area contributed by atoms with Crippen LogP contribution in [0.5, 0.6) is 0 Å². The fourth-order valence-corrected chi connectivity index (χ4v) is 3.94. The summed E-state index contributed by atoms with van der Waals surface area (Å²) in [5.41, 5.74) is 0.950. The van der Waals surface area contributed by atoms with Crippen LogP contribution in [-0.2, 0) is 35.3 Å². The Hall–Kier alpha value is -3.68. The predicted molar refractivity (Wildman–Crippen MR) is 147 cm³/mol. The normalized spacial score (nSPS) is 11.9. The Labute approximate surface area is 241 Å². The standard InChI is InChI=1S/C26H37BrN4O9/c1-18(33)28-14-4-2-7-23(34)31(16-19-8-10-20(27)11-9-19)15-5-3-6-22(40-17-32)30-26(39)29-21(25(37)38)12-13-24(35)36/h8-11,17,21-22H,2-7,12-16H2,1H3,(H,28,33)(H,35,36)(H,37,38)(H2,29,30,39)/t21-,22+/m0/s1. The van der Waals surface area contributed by atoms with Gasteiger partial charge in [0.15, 0.2) is 6.23 Å². The highest BCUT2D eigenvalue weighted by atomic mass is 79.9. The van der Waals surface area contributed by atoms with Crippen molar-refractivity contribution in [2.45, 2.75) is 77.1 Å². The van der Waals surface area contributed by atoms with Gasteiger partial charge in [-0.15, -0.1) is 0 Å². The number of carbonyl (C=O) groups excluding carboxylic acids is 4. The van der Waals surface area contributed by atoms with Crippen molar-refractivity contribution in [1.82, 2.24) is 20.9 Å². The van der Waals surface area contributed by atoms with Crippen LogP contribution >= 0.6 is 15.9 Å². The Morgan fingerprint density at radius 1 is 0.975 bits per heavy atom. The number of ether oxygens (including phenoxy) is 1. The van der Waals surface area contributed by atoms with Gasteiger partial charge in [-0.25, -0.2) is 9.59 Å². The summed E-state index contributed by atoms with van der Waals surface area (Å²) < 4.78 is 5.82. The van der Waals surface area contributed by atoms with E-state index in [0.29, 0.717) is 51.7 Å². The molecule has 0 fully saturated rings. The van der Waals surface area contributed by atoms with Crippen LogP contribution < -0.4 is 16.0 Å². The molecule has 0 aliphatic carbocycles. The average Bonchev–Trinajstić information content (AvgIpc) is 2.88. The molecule has 0 radical (unpaired) electrons. The van der Waals surface area contributed by atoms with Gasteiger partial charge in [-0.1, -0.05) is 28.1 Å². The fourth-order valence-electron chi connectivity index (χ4n) is 3.67. The van der Waals surface area contributed by atoms with Gasteiger partial charge < -0.3 is 35.8 Å². The molecule has 0 saturated carbocycles. The lowest BCUT2D eigenvalue weighted by molar-refractivity contribution is -0.141. The molecule has 5 N–H and O–H groups in total. The average molecular weight is 630 g/mol. The highest BCUT2D eigenvalue weighted by Gasteiger charge is 2.23. The Bertz CT molecular complexity index is 991. The third-order valence-corrected chi connectivity index (χ3v) is 6.27. The number of carboxylic acid groups (broad SMARTS) is 2. The van der Waals surface area contributed by atoms with Crippen LogP contribution in [0.25, 0.3) is 0 Å². The Balaban J connectivity index is 2.65. The summed E-state index contributed by atoms with van der Waals surface area (Å²) in [5.74, 6) is -2.75. The lowest BCUT2D eigenvalue weighted by atomic mass is 10.1. The summed E-state index contributed by atoms with van der Waals surface area (Å²) >= 11 is 3.39. The first-order valence-corrected chi connectivity index (χ1v) is 13.7. The summed E-state index contributed by atoms with van der Waals surface area (Å²) in [6.07, 6.45) is 1.01. The first-order valence-electron chi connectivity index (χ1n) is 12.9. The number of unbranched alkanes of at least 4 members (excludes halogenated alkanes) is 2. The maximum Gasteiger partial charge on any atom is 0.326 e. The number of hydrogen-bond acceptors (Lipinski definition) is 7. The van der Waals surface area contributed by atoms with Crippen LogP contribution in [0.3, 0.4) is 0 Å². The van der Waals surface area contributed by atoms with Crippen molar-refractivity contribution >= 4 is 52.2 Å². The van der Waals surface area contributed by atoms with Crippen molar-refractivity contribution in [3.63, 3.8) is 0 Å². The summed E-state index contributed by atoms with van der Waals surface area (Å²) in [4.78, 5) is 70.8. The topological polar surface area (TPSA) is 191 Å². The number of rotatable bonds is 20. The molecule has 0 saturated heterocycles. The predicted octanol–water partition coefficient (Wildman–Crippen LogP) is 2.37. The number of hydrogen-bond donors (Lipinski definition) is 5. The number of nitrogens with zero attached hydrogens (tertiary/aromatic N) is 1. The van der Waals surface area contributed by atoms with Crippen LogP contribution in [0.15, 0.2) is 28.7 Å². The monoisotopic (exact) mass is 628 g/mol. The lowest BCUT2D eigenvalue weighted by Gasteiger charge is -2.24. The van der Waals surface area contributed by atoms with Crippen molar-refractivity contribution in [2.75, 3.05) is 13.1 Å². The number of benzene rings is 1. The van der Waals surface area contributed by atoms with Crippen molar-refractivity contribution in [3.8, 4) is 0 Å². The maximum absolute atomic E-state index is 12.9. The smallest absolute Gasteiger partial charge is 0.326 e. The molecular weight excluding hydrogens is 592 g/mol. The first-order chi connectivity index (χ1) is 19.0. The zero-order valence-corrected chi connectivity index (χ0v) is 24.0. The SMILES string of the molecule is CC(=O)NCCCCC(=O)N(CCCC[C@H](NC(=O)N[C@@H](CCC(=O)O)C(=O)O)OC=O)Cc1ccc(Br)cc1. The zero-order chi connectivity index (χ0) is 29.9. The number of aliphatic carboxylic acids is 2. The van der Waals surface area contributed by atoms with Gasteiger partial charge in [0.2, 0.25) is 11.8 Å². The van der Waals surface area contributed by atoms with E-state index in [4.69, 9.17) is 9.84 Å². The summed E-state index contributed by atoms with van der Waals surface area (Å²) in [5, 5.41) is 25.2. The highest BCUT2D eigenvalue weighted by Crippen LogP contribution is 2.15. The summed E-state index contributed by atoms with van der Waals surface area (Å²) in [6.45, 7) is 2.92. The van der Waals surface area contributed by atoms with Crippen LogP contribution in [-0.4, -0.2) is 76.7 Å². The number of amides is 4. The van der Waals surface area contributed by atoms with Crippen LogP contribution in [0.2, 0.25) is 0 Å². The summed E-state index contributed by atoms with van der Waals surface area (Å²) in [7, 11) is 0. The third-order valence-electron chi connectivity index (χ3n) is 5.74. The van der Waals surface area contributed by atoms with E-state index >= 15 is 0 Å². The van der Waals surface area contributed by atoms with Gasteiger partial charge in [-0.2, -0.15) is 0 Å². The number of nitrogens with one attached hydrogen (secondary N) is 3. The van der Waals surface area contributed by atoms with Gasteiger partial charge in [0.25, 0.3) is 6.47 Å². The Kier molecular flexibility index (Phi) is 16.6. The molecule has 0 spiro atoms. The molecule has 40 heavy (non-hydrogen) atoms. The quantitative estimate of drug-likeness (QED) is 0.0819. The minimum atomic E-state index is -1.43. The van der Waals surface area contributed by atoms with E-state index in [-0.39, 0.29) is 31.1 Å². The zero-order valence-electron chi connectivity index (χ0n) is 22.4. The largest absolute Gasteiger partial charge is 0.481 e. The molecular formula is C26H37BrN4O9. The molecule has 2 atom stereocenters. The second-order valence-electron chi connectivity index (χ2n) is 9.04. The van der Waals surface area contributed by atoms with E-state index in [0.717, 1.165) is 10.0 Å². The van der Waals surface area contributed by atoms with E-state index in [1.165, 1.54) is 6.92 Å². The fraction of sp³-hybridized carbons (Fsp3) is 0.538. The van der Waals surface area contributed by atoms with Crippen molar-refractivity contribution in [1.29, 1.82) is 0 Å². The van der Waals surface area contributed by atoms with Gasteiger partial charge in [0.05, 0.1) is 0 Å². The molecule has 222 valence electrons. The van der Waals surface area contributed by atoms with Gasteiger partial charge in [-0.05, 0) is 49.8 Å². The number of carbonyl (C=O) groups is 6. The van der Waals surface area contributed by atoms with Gasteiger partial charge >= 0.3 is 18.0 Å². The van der Waals surface area contributed by atoms with E-state index in [1.807, 2.05) is 24.3 Å². The molecule has 14 heteroatoms. The summed E-state index contributed by atoms with van der Waals surface area (Å²) in [6, 6.07) is 5.26. The molecule has 0 unspecified atom stereocenters. The molecule has 0 bridgehead atoms. The molecule has 0 aromatic heterocycles. The number of carboxylic acids is 2. The first kappa shape index (κ1) is 34.3. The Morgan fingerprint density at radius 2 is 1.68 bits per heavy atom. The van der Waals surface area contributed by atoms with Gasteiger partial charge in [-0.3, -0.25) is 19.2 Å². The molecule has 0 aliphatic heterocycles.